The van der Waals surface area contributed by atoms with E-state index in [0.717, 1.165) is 11.1 Å². The first-order valence-corrected chi connectivity index (χ1v) is 11.0. The topological polar surface area (TPSA) is 53.5 Å². The highest BCUT2D eigenvalue weighted by Crippen LogP contribution is 2.33. The van der Waals surface area contributed by atoms with Gasteiger partial charge < -0.3 is 0 Å². The van der Waals surface area contributed by atoms with Gasteiger partial charge in [0.25, 0.3) is 5.91 Å². The highest BCUT2D eigenvalue weighted by Gasteiger charge is 2.33. The average molecular weight is 470 g/mol. The first-order chi connectivity index (χ1) is 14.9. The van der Waals surface area contributed by atoms with Crippen LogP contribution in [0, 0.1) is 0 Å². The number of amides is 2. The van der Waals surface area contributed by atoms with Crippen LogP contribution < -0.4 is 4.90 Å². The van der Waals surface area contributed by atoms with Gasteiger partial charge >= 0.3 is 0 Å². The molecule has 156 valence electrons. The number of benzene rings is 2. The van der Waals surface area contributed by atoms with Crippen molar-refractivity contribution >= 4 is 57.2 Å². The number of hydrogen-bond donors (Lipinski definition) is 0. The Morgan fingerprint density at radius 1 is 1.16 bits per heavy atom. The maximum atomic E-state index is 13.1. The van der Waals surface area contributed by atoms with Gasteiger partial charge in [-0.25, -0.2) is 4.98 Å². The van der Waals surface area contributed by atoms with Crippen molar-refractivity contribution in [2.75, 3.05) is 18.0 Å². The molecule has 2 heterocycles. The highest BCUT2D eigenvalue weighted by molar-refractivity contribution is 7.14. The fourth-order valence-corrected chi connectivity index (χ4v) is 4.47. The Morgan fingerprint density at radius 3 is 2.58 bits per heavy atom. The second-order valence-corrected chi connectivity index (χ2v) is 8.47. The van der Waals surface area contributed by atoms with E-state index >= 15 is 0 Å². The molecular formula is C23H17Cl2N3O2S. The number of hydrogen-bond acceptors (Lipinski definition) is 4. The molecule has 0 bridgehead atoms. The first-order valence-electron chi connectivity index (χ1n) is 9.33. The Morgan fingerprint density at radius 2 is 1.90 bits per heavy atom. The molecule has 0 saturated heterocycles. The molecule has 2 amide bonds. The predicted molar refractivity (Wildman–Crippen MR) is 127 cm³/mol. The van der Waals surface area contributed by atoms with Gasteiger partial charge in [0.05, 0.1) is 15.7 Å². The molecule has 2 aromatic carbocycles. The van der Waals surface area contributed by atoms with Crippen LogP contribution in [-0.2, 0) is 4.79 Å². The number of thiazole rings is 1. The minimum absolute atomic E-state index is 0.137. The lowest BCUT2D eigenvalue weighted by Crippen LogP contribution is -2.40. The van der Waals surface area contributed by atoms with Gasteiger partial charge in [-0.2, -0.15) is 0 Å². The summed E-state index contributed by atoms with van der Waals surface area (Å²) in [5.74, 6) is -0.514. The van der Waals surface area contributed by atoms with Crippen LogP contribution in [0.15, 0.2) is 67.1 Å². The molecule has 0 saturated carbocycles. The molecule has 0 aliphatic carbocycles. The van der Waals surface area contributed by atoms with Crippen molar-refractivity contribution in [2.45, 2.75) is 0 Å². The number of aromatic nitrogens is 1. The minimum atomic E-state index is -0.280. The van der Waals surface area contributed by atoms with Crippen molar-refractivity contribution in [3.63, 3.8) is 0 Å². The molecule has 0 spiro atoms. The largest absolute Gasteiger partial charge is 0.299 e. The van der Waals surface area contributed by atoms with Crippen molar-refractivity contribution in [3.8, 4) is 11.3 Å². The number of anilines is 1. The summed E-state index contributed by atoms with van der Waals surface area (Å²) in [6.45, 7) is 7.86. The monoisotopic (exact) mass is 469 g/mol. The number of carbonyl (C=O) groups excluding carboxylic acids is 2. The van der Waals surface area contributed by atoms with Crippen LogP contribution in [0.2, 0.25) is 10.0 Å². The van der Waals surface area contributed by atoms with Crippen LogP contribution in [-0.4, -0.2) is 34.8 Å². The van der Waals surface area contributed by atoms with E-state index in [4.69, 9.17) is 23.2 Å². The molecule has 3 aromatic rings. The predicted octanol–water partition coefficient (Wildman–Crippen LogP) is 5.76. The number of carbonyl (C=O) groups is 2. The lowest BCUT2D eigenvalue weighted by molar-refractivity contribution is -0.118. The first kappa shape index (κ1) is 21.3. The van der Waals surface area contributed by atoms with Gasteiger partial charge in [-0.3, -0.25) is 19.4 Å². The smallest absolute Gasteiger partial charge is 0.259 e. The zero-order chi connectivity index (χ0) is 22.1. The van der Waals surface area contributed by atoms with Crippen LogP contribution in [0.3, 0.4) is 0 Å². The molecule has 0 radical (unpaired) electrons. The van der Waals surface area contributed by atoms with Gasteiger partial charge in [0.2, 0.25) is 5.91 Å². The van der Waals surface area contributed by atoms with E-state index in [9.17, 15) is 9.59 Å². The van der Waals surface area contributed by atoms with E-state index < -0.39 is 0 Å². The summed E-state index contributed by atoms with van der Waals surface area (Å²) in [5, 5.41) is 3.23. The van der Waals surface area contributed by atoms with Crippen molar-refractivity contribution in [1.82, 2.24) is 9.88 Å². The Balaban J connectivity index is 1.57. The molecule has 1 aliphatic heterocycles. The summed E-state index contributed by atoms with van der Waals surface area (Å²) < 4.78 is 0. The lowest BCUT2D eigenvalue weighted by atomic mass is 10.1. The van der Waals surface area contributed by atoms with E-state index in [2.05, 4.69) is 18.1 Å². The SMILES string of the molecule is C=CCN(C(=O)CN1C(=C)c2ccccc2C1=O)c1nc(-c2ccc(Cl)c(Cl)c2)cs1. The summed E-state index contributed by atoms with van der Waals surface area (Å²) in [7, 11) is 0. The maximum Gasteiger partial charge on any atom is 0.259 e. The van der Waals surface area contributed by atoms with Gasteiger partial charge in [0.15, 0.2) is 5.13 Å². The van der Waals surface area contributed by atoms with Gasteiger partial charge in [-0.1, -0.05) is 60.1 Å². The molecule has 0 unspecified atom stereocenters. The van der Waals surface area contributed by atoms with Crippen molar-refractivity contribution in [2.24, 2.45) is 0 Å². The highest BCUT2D eigenvalue weighted by atomic mass is 35.5. The van der Waals surface area contributed by atoms with Gasteiger partial charge in [-0.15, -0.1) is 17.9 Å². The average Bonchev–Trinajstić information content (AvgIpc) is 3.34. The molecule has 31 heavy (non-hydrogen) atoms. The molecule has 0 N–H and O–H groups in total. The minimum Gasteiger partial charge on any atom is -0.299 e. The Kier molecular flexibility index (Phi) is 5.96. The fraction of sp³-hybridized carbons (Fsp3) is 0.0870. The zero-order valence-electron chi connectivity index (χ0n) is 16.3. The van der Waals surface area contributed by atoms with Crippen LogP contribution in [0.25, 0.3) is 17.0 Å². The van der Waals surface area contributed by atoms with E-state index in [1.54, 1.807) is 30.3 Å². The van der Waals surface area contributed by atoms with Gasteiger partial charge in [0, 0.05) is 34.3 Å². The molecule has 5 nitrogen and oxygen atoms in total. The number of halogens is 2. The molecule has 4 rings (SSSR count). The summed E-state index contributed by atoms with van der Waals surface area (Å²) in [6.07, 6.45) is 1.62. The van der Waals surface area contributed by atoms with Gasteiger partial charge in [0.1, 0.15) is 6.54 Å². The van der Waals surface area contributed by atoms with E-state index in [1.807, 2.05) is 23.6 Å². The molecule has 0 fully saturated rings. The van der Waals surface area contributed by atoms with E-state index in [-0.39, 0.29) is 24.9 Å². The number of nitrogens with zero attached hydrogens (tertiary/aromatic N) is 3. The van der Waals surface area contributed by atoms with Crippen LogP contribution >= 0.6 is 34.5 Å². The third-order valence-electron chi connectivity index (χ3n) is 4.88. The Hall–Kier alpha value is -2.93. The van der Waals surface area contributed by atoms with Crippen LogP contribution in [0.1, 0.15) is 15.9 Å². The third kappa shape index (κ3) is 4.02. The summed E-state index contributed by atoms with van der Waals surface area (Å²) in [4.78, 5) is 33.4. The summed E-state index contributed by atoms with van der Waals surface area (Å²) in [6, 6.07) is 12.4. The standard InChI is InChI=1S/C23H17Cl2N3O2S/c1-3-10-27(23-26-20(13-31-23)15-8-9-18(24)19(25)11-15)21(29)12-28-14(2)16-6-4-5-7-17(16)22(28)30/h3-9,11,13H,1-2,10,12H2. The van der Waals surface area contributed by atoms with E-state index in [0.29, 0.717) is 32.1 Å². The summed E-state index contributed by atoms with van der Waals surface area (Å²) in [5.41, 5.74) is 3.28. The van der Waals surface area contributed by atoms with Crippen LogP contribution in [0.4, 0.5) is 5.13 Å². The Bertz CT molecular complexity index is 1190. The van der Waals surface area contributed by atoms with Crippen molar-refractivity contribution in [1.29, 1.82) is 0 Å². The number of rotatable bonds is 6. The fourth-order valence-electron chi connectivity index (χ4n) is 3.31. The Labute approximate surface area is 193 Å². The third-order valence-corrected chi connectivity index (χ3v) is 6.49. The van der Waals surface area contributed by atoms with Crippen molar-refractivity contribution < 1.29 is 9.59 Å². The molecule has 1 aromatic heterocycles. The molecule has 0 atom stereocenters. The lowest BCUT2D eigenvalue weighted by Gasteiger charge is -2.23. The second-order valence-electron chi connectivity index (χ2n) is 6.82. The van der Waals surface area contributed by atoms with Gasteiger partial charge in [-0.05, 0) is 18.2 Å². The molecule has 1 aliphatic rings. The van der Waals surface area contributed by atoms with E-state index in [1.165, 1.54) is 21.1 Å². The second kappa shape index (κ2) is 8.67. The zero-order valence-corrected chi connectivity index (χ0v) is 18.7. The molecular weight excluding hydrogens is 453 g/mol. The number of fused-ring (bicyclic) bond motifs is 1. The normalized spacial score (nSPS) is 12.8. The molecule has 8 heteroatoms. The van der Waals surface area contributed by atoms with Crippen LogP contribution in [0.5, 0.6) is 0 Å². The maximum absolute atomic E-state index is 13.1. The quantitative estimate of drug-likeness (QED) is 0.431. The van der Waals surface area contributed by atoms with Crippen molar-refractivity contribution in [3.05, 3.63) is 88.3 Å². The summed E-state index contributed by atoms with van der Waals surface area (Å²) >= 11 is 13.4.